The zero-order chi connectivity index (χ0) is 78.1. The van der Waals surface area contributed by atoms with Gasteiger partial charge in [-0.05, 0) is 111 Å². The highest BCUT2D eigenvalue weighted by Crippen LogP contribution is 2.48. The number of carboxylic acids is 2. The minimum Gasteiger partial charge on any atom is -0.481 e. The topological polar surface area (TPSA) is 222 Å². The lowest BCUT2D eigenvalue weighted by Gasteiger charge is -2.41. The standard InChI is InChI=1S/3C25H36N4.C14H26O7S/c3*1-2-3-4-5-6-7-8-9-10-17-22-25-26-28(23-18-13-11-14-19-23)29(27-25)24-20-15-12-16-21-24;1-4-7-8-9-10-14(12(17)18,22(19,20)21)13(5-2,6-3)11(15)16/h3*11-16,18-21H,2-10,17,22H2,1H3,(H,26,27);4-10H2,1-3H3,(H,15,16)(H,17,18)(H,19,20,21). The summed E-state index contributed by atoms with van der Waals surface area (Å²) in [6, 6.07) is 62.0. The number of hydrazone groups is 3. The van der Waals surface area contributed by atoms with E-state index in [1.807, 2.05) is 110 Å². The first-order chi connectivity index (χ1) is 53.2. The van der Waals surface area contributed by atoms with Gasteiger partial charge in [-0.25, -0.2) is 0 Å². The molecule has 0 bridgehead atoms. The molecule has 1 atom stereocenters. The van der Waals surface area contributed by atoms with E-state index in [1.165, 1.54) is 206 Å². The highest BCUT2D eigenvalue weighted by atomic mass is 32.2. The first-order valence-electron chi connectivity index (χ1n) is 41.8. The van der Waals surface area contributed by atoms with Crippen molar-refractivity contribution in [1.29, 1.82) is 0 Å². The number of carbonyl (C=O) groups is 2. The van der Waals surface area contributed by atoms with Crippen molar-refractivity contribution in [2.75, 3.05) is 30.7 Å². The second kappa shape index (κ2) is 51.7. The smallest absolute Gasteiger partial charge is 0.328 e. The van der Waals surface area contributed by atoms with Crippen LogP contribution >= 0.6 is 0 Å². The van der Waals surface area contributed by atoms with Gasteiger partial charge >= 0.3 is 11.9 Å². The largest absolute Gasteiger partial charge is 0.481 e. The summed E-state index contributed by atoms with van der Waals surface area (Å²) in [4.78, 5) is 23.5. The van der Waals surface area contributed by atoms with Gasteiger partial charge in [0.25, 0.3) is 10.1 Å². The Morgan fingerprint density at radius 1 is 0.312 bits per heavy atom. The maximum atomic E-state index is 11.9. The van der Waals surface area contributed by atoms with Crippen LogP contribution in [0.1, 0.15) is 298 Å². The van der Waals surface area contributed by atoms with Crippen molar-refractivity contribution in [3.05, 3.63) is 182 Å². The Labute approximate surface area is 655 Å². The molecule has 0 aliphatic carbocycles. The normalized spacial score (nSPS) is 13.8. The fourth-order valence-electron chi connectivity index (χ4n) is 14.3. The molecular weight excluding hydrogens is 1380 g/mol. The summed E-state index contributed by atoms with van der Waals surface area (Å²) < 4.78 is 30.8. The number of anilines is 6. The Morgan fingerprint density at radius 3 is 0.725 bits per heavy atom. The van der Waals surface area contributed by atoms with Crippen molar-refractivity contribution >= 4 is 73.7 Å². The SMILES string of the molecule is CCCCCCC(C(=O)O)(C(CC)(CC)C(=O)O)S(=O)(=O)O.CCCCCCCCCCCCC1=NN(c2ccccc2)N(c2ccccc2)N1.CCCCCCCCCCCCC1=NN(c2ccccc2)N(c2ccccc2)N1.CCCCCCCCCCCCC1=NN(c2ccccc2)N(c2ccccc2)N1. The maximum Gasteiger partial charge on any atom is 0.328 e. The fraction of sp³-hybridized carbons (Fsp3) is 0.539. The van der Waals surface area contributed by atoms with Gasteiger partial charge in [-0.3, -0.25) is 30.4 Å². The van der Waals surface area contributed by atoms with E-state index in [0.29, 0.717) is 6.42 Å². The number of hydrazine groups is 6. The number of unbranched alkanes of at least 4 members (excludes halogenated alkanes) is 30. The van der Waals surface area contributed by atoms with Crippen LogP contribution < -0.4 is 47.0 Å². The summed E-state index contributed by atoms with van der Waals surface area (Å²) in [5, 5.41) is 45.6. The van der Waals surface area contributed by atoms with Gasteiger partial charge in [0, 0.05) is 19.3 Å². The second-order valence-electron chi connectivity index (χ2n) is 29.1. The molecule has 19 nitrogen and oxygen atoms in total. The Hall–Kier alpha value is -8.62. The number of hydrogen-bond donors (Lipinski definition) is 6. The Morgan fingerprint density at radius 2 is 0.523 bits per heavy atom. The van der Waals surface area contributed by atoms with Gasteiger partial charge in [0.1, 0.15) is 17.5 Å². The third kappa shape index (κ3) is 29.6. The first-order valence-corrected chi connectivity index (χ1v) is 43.2. The molecule has 9 rings (SSSR count). The molecule has 0 saturated heterocycles. The van der Waals surface area contributed by atoms with E-state index >= 15 is 0 Å². The molecule has 1 unspecified atom stereocenters. The van der Waals surface area contributed by atoms with Crippen LogP contribution in [0.3, 0.4) is 0 Å². The number of nitrogens with one attached hydrogen (secondary N) is 3. The van der Waals surface area contributed by atoms with E-state index in [4.69, 9.17) is 15.3 Å². The molecule has 109 heavy (non-hydrogen) atoms. The average molecular weight is 1520 g/mol. The number of hydrogen-bond acceptors (Lipinski definition) is 16. The number of amidine groups is 3. The number of benzene rings is 6. The Kier molecular flexibility index (Phi) is 42.4. The molecule has 6 aromatic rings. The molecule has 0 aromatic heterocycles. The minimum absolute atomic E-state index is 0.210. The van der Waals surface area contributed by atoms with Gasteiger partial charge in [0.05, 0.1) is 39.5 Å². The quantitative estimate of drug-likeness (QED) is 0.0154. The van der Waals surface area contributed by atoms with Crippen LogP contribution in [0.4, 0.5) is 34.1 Å². The molecule has 3 aliphatic rings. The van der Waals surface area contributed by atoms with Crippen molar-refractivity contribution in [2.24, 2.45) is 20.7 Å². The summed E-state index contributed by atoms with van der Waals surface area (Å²) in [7, 11) is -5.12. The van der Waals surface area contributed by atoms with Gasteiger partial charge < -0.3 is 10.2 Å². The van der Waals surface area contributed by atoms with Crippen molar-refractivity contribution in [3.8, 4) is 0 Å². The highest BCUT2D eigenvalue weighted by molar-refractivity contribution is 7.88. The maximum absolute atomic E-state index is 11.9. The van der Waals surface area contributed by atoms with Crippen LogP contribution in [0.15, 0.2) is 197 Å². The van der Waals surface area contributed by atoms with E-state index in [0.717, 1.165) is 83.7 Å². The van der Waals surface area contributed by atoms with Crippen LogP contribution in [-0.2, 0) is 19.7 Å². The molecule has 6 aromatic carbocycles. The monoisotopic (exact) mass is 1520 g/mol. The second-order valence-corrected chi connectivity index (χ2v) is 30.7. The third-order valence-electron chi connectivity index (χ3n) is 20.7. The van der Waals surface area contributed by atoms with Crippen molar-refractivity contribution in [1.82, 2.24) is 16.3 Å². The number of carboxylic acid groups (broad SMARTS) is 2. The van der Waals surface area contributed by atoms with Gasteiger partial charge in [0.2, 0.25) is 4.75 Å². The van der Waals surface area contributed by atoms with E-state index in [9.17, 15) is 32.8 Å². The van der Waals surface area contributed by atoms with Crippen molar-refractivity contribution in [2.45, 2.75) is 303 Å². The van der Waals surface area contributed by atoms with Crippen molar-refractivity contribution < 1.29 is 32.8 Å². The predicted octanol–water partition coefficient (Wildman–Crippen LogP) is 23.7. The molecule has 0 fully saturated rings. The van der Waals surface area contributed by atoms with Crippen molar-refractivity contribution in [3.63, 3.8) is 0 Å². The minimum atomic E-state index is -5.12. The van der Waals surface area contributed by atoms with Crippen LogP contribution in [0.5, 0.6) is 0 Å². The summed E-state index contributed by atoms with van der Waals surface area (Å²) in [6.07, 6.45) is 45.2. The van der Waals surface area contributed by atoms with E-state index < -0.39 is 38.6 Å². The molecule has 0 radical (unpaired) electrons. The summed E-state index contributed by atoms with van der Waals surface area (Å²) in [5.41, 5.74) is 14.8. The molecule has 3 aliphatic heterocycles. The lowest BCUT2D eigenvalue weighted by Crippen LogP contribution is -2.62. The number of aliphatic carboxylic acids is 2. The molecule has 3 heterocycles. The Bertz CT molecular complexity index is 3300. The first kappa shape index (κ1) is 89.3. The molecule has 0 amide bonds. The number of rotatable bonds is 50. The summed E-state index contributed by atoms with van der Waals surface area (Å²) in [6.45, 7) is 11.6. The molecule has 6 N–H and O–H groups in total. The predicted molar refractivity (Wildman–Crippen MR) is 456 cm³/mol. The van der Waals surface area contributed by atoms with Gasteiger partial charge in [0.15, 0.2) is 0 Å². The average Bonchev–Trinajstić information content (AvgIpc) is 1.37. The zero-order valence-electron chi connectivity index (χ0n) is 67.0. The van der Waals surface area contributed by atoms with E-state index in [1.54, 1.807) is 0 Å². The van der Waals surface area contributed by atoms with Gasteiger partial charge in [-0.1, -0.05) is 350 Å². The van der Waals surface area contributed by atoms with Crippen LogP contribution in [-0.4, -0.2) is 57.4 Å². The molecule has 0 spiro atoms. The van der Waals surface area contributed by atoms with Crippen LogP contribution in [0.2, 0.25) is 0 Å². The van der Waals surface area contributed by atoms with Crippen LogP contribution in [0.25, 0.3) is 0 Å². The molecular formula is C89H134N12O7S. The van der Waals surface area contributed by atoms with E-state index in [2.05, 4.69) is 146 Å². The number of nitrogens with zero attached hydrogens (tertiary/aromatic N) is 9. The van der Waals surface area contributed by atoms with E-state index in [-0.39, 0.29) is 19.3 Å². The highest BCUT2D eigenvalue weighted by Gasteiger charge is 2.67. The lowest BCUT2D eigenvalue weighted by atomic mass is 9.68. The molecule has 20 heteroatoms. The zero-order valence-corrected chi connectivity index (χ0v) is 67.8. The third-order valence-corrected chi connectivity index (χ3v) is 22.4. The Balaban J connectivity index is 0.000000229. The van der Waals surface area contributed by atoms with Crippen LogP contribution in [0, 0.1) is 5.41 Å². The van der Waals surface area contributed by atoms with Gasteiger partial charge in [-0.15, -0.1) is 15.3 Å². The molecule has 598 valence electrons. The number of para-hydroxylation sites is 6. The van der Waals surface area contributed by atoms with Gasteiger partial charge in [-0.2, -0.15) is 39.1 Å². The summed E-state index contributed by atoms with van der Waals surface area (Å²) >= 11 is 0. The lowest BCUT2D eigenvalue weighted by molar-refractivity contribution is -0.161. The fourth-order valence-corrected chi connectivity index (χ4v) is 15.8. The summed E-state index contributed by atoms with van der Waals surface area (Å²) in [5.74, 6) is -0.211. The molecule has 0 saturated carbocycles.